The maximum Gasteiger partial charge on any atom is 0.224 e. The van der Waals surface area contributed by atoms with Gasteiger partial charge in [0.25, 0.3) is 0 Å². The van der Waals surface area contributed by atoms with Gasteiger partial charge in [-0.1, -0.05) is 18.2 Å². The van der Waals surface area contributed by atoms with Crippen LogP contribution in [-0.2, 0) is 4.79 Å². The normalized spacial score (nSPS) is 20.1. The highest BCUT2D eigenvalue weighted by Gasteiger charge is 2.23. The number of amides is 1. The number of hydrogen-bond acceptors (Lipinski definition) is 2. The van der Waals surface area contributed by atoms with Crippen molar-refractivity contribution < 1.29 is 4.79 Å². The zero-order chi connectivity index (χ0) is 9.97. The lowest BCUT2D eigenvalue weighted by atomic mass is 9.88. The number of anilines is 1. The molecule has 1 amide bonds. The topological polar surface area (TPSA) is 55.1 Å². The highest BCUT2D eigenvalue weighted by molar-refractivity contribution is 5.94. The van der Waals surface area contributed by atoms with Gasteiger partial charge in [-0.05, 0) is 30.5 Å². The summed E-state index contributed by atoms with van der Waals surface area (Å²) in [5.41, 5.74) is 7.70. The molecule has 3 heteroatoms. The van der Waals surface area contributed by atoms with Crippen LogP contribution in [0.1, 0.15) is 24.3 Å². The Balaban J connectivity index is 2.33. The Morgan fingerprint density at radius 1 is 1.43 bits per heavy atom. The number of carbonyl (C=O) groups excluding carboxylic acids is 1. The van der Waals surface area contributed by atoms with Crippen molar-refractivity contribution >= 4 is 11.6 Å². The van der Waals surface area contributed by atoms with Crippen molar-refractivity contribution in [1.82, 2.24) is 0 Å². The standard InChI is InChI=1S/C11H14N2O/c12-6-5-8-7-11(14)13-10-4-2-1-3-9(8)10/h1-4,8H,5-7,12H2,(H,13,14). The Kier molecular flexibility index (Phi) is 2.50. The van der Waals surface area contributed by atoms with Gasteiger partial charge in [-0.15, -0.1) is 0 Å². The number of rotatable bonds is 2. The summed E-state index contributed by atoms with van der Waals surface area (Å²) in [7, 11) is 0. The van der Waals surface area contributed by atoms with E-state index in [1.807, 2.05) is 18.2 Å². The van der Waals surface area contributed by atoms with Gasteiger partial charge in [0.05, 0.1) is 0 Å². The predicted molar refractivity (Wildman–Crippen MR) is 56.1 cm³/mol. The molecule has 1 heterocycles. The van der Waals surface area contributed by atoms with Crippen LogP contribution in [0.3, 0.4) is 0 Å². The molecule has 1 atom stereocenters. The molecule has 0 saturated heterocycles. The van der Waals surface area contributed by atoms with Crippen molar-refractivity contribution in [2.75, 3.05) is 11.9 Å². The molecule has 1 aliphatic rings. The van der Waals surface area contributed by atoms with Crippen LogP contribution in [-0.4, -0.2) is 12.5 Å². The molecule has 74 valence electrons. The Labute approximate surface area is 83.3 Å². The van der Waals surface area contributed by atoms with Crippen molar-refractivity contribution in [3.63, 3.8) is 0 Å². The molecule has 2 rings (SSSR count). The van der Waals surface area contributed by atoms with E-state index in [9.17, 15) is 4.79 Å². The van der Waals surface area contributed by atoms with Gasteiger partial charge in [0.15, 0.2) is 0 Å². The quantitative estimate of drug-likeness (QED) is 0.741. The number of benzene rings is 1. The summed E-state index contributed by atoms with van der Waals surface area (Å²) in [6, 6.07) is 7.94. The molecule has 0 aromatic heterocycles. The van der Waals surface area contributed by atoms with Crippen molar-refractivity contribution in [3.8, 4) is 0 Å². The van der Waals surface area contributed by atoms with Crippen molar-refractivity contribution in [2.24, 2.45) is 5.73 Å². The lowest BCUT2D eigenvalue weighted by Gasteiger charge is -2.24. The van der Waals surface area contributed by atoms with Crippen molar-refractivity contribution in [1.29, 1.82) is 0 Å². The second-order valence-electron chi connectivity index (χ2n) is 3.61. The number of fused-ring (bicyclic) bond motifs is 1. The Bertz CT molecular complexity index is 349. The summed E-state index contributed by atoms with van der Waals surface area (Å²) >= 11 is 0. The average molecular weight is 190 g/mol. The van der Waals surface area contributed by atoms with Gasteiger partial charge in [0, 0.05) is 12.1 Å². The maximum atomic E-state index is 11.4. The first-order valence-electron chi connectivity index (χ1n) is 4.90. The third-order valence-electron chi connectivity index (χ3n) is 2.62. The number of carbonyl (C=O) groups is 1. The van der Waals surface area contributed by atoms with E-state index in [1.165, 1.54) is 5.56 Å². The van der Waals surface area contributed by atoms with Crippen LogP contribution in [0.15, 0.2) is 24.3 Å². The molecule has 0 aliphatic carbocycles. The zero-order valence-electron chi connectivity index (χ0n) is 7.99. The minimum absolute atomic E-state index is 0.0992. The summed E-state index contributed by atoms with van der Waals surface area (Å²) in [6.45, 7) is 0.631. The minimum Gasteiger partial charge on any atom is -0.330 e. The molecule has 0 bridgehead atoms. The van der Waals surface area contributed by atoms with Gasteiger partial charge in [-0.3, -0.25) is 4.79 Å². The Morgan fingerprint density at radius 3 is 3.00 bits per heavy atom. The van der Waals surface area contributed by atoms with E-state index in [-0.39, 0.29) is 5.91 Å². The van der Waals surface area contributed by atoms with Crippen LogP contribution in [0, 0.1) is 0 Å². The minimum atomic E-state index is 0.0992. The molecule has 0 spiro atoms. The lowest BCUT2D eigenvalue weighted by Crippen LogP contribution is -2.24. The largest absolute Gasteiger partial charge is 0.330 e. The third-order valence-corrected chi connectivity index (χ3v) is 2.62. The van der Waals surface area contributed by atoms with E-state index >= 15 is 0 Å². The predicted octanol–water partition coefficient (Wildman–Crippen LogP) is 1.46. The maximum absolute atomic E-state index is 11.4. The van der Waals surface area contributed by atoms with Crippen LogP contribution >= 0.6 is 0 Å². The molecule has 1 aromatic rings. The summed E-state index contributed by atoms with van der Waals surface area (Å²) in [6.07, 6.45) is 1.44. The third kappa shape index (κ3) is 1.63. The molecule has 1 aromatic carbocycles. The molecule has 0 fully saturated rings. The summed E-state index contributed by atoms with van der Waals surface area (Å²) in [5.74, 6) is 0.395. The number of hydrogen-bond donors (Lipinski definition) is 2. The van der Waals surface area contributed by atoms with E-state index in [0.717, 1.165) is 12.1 Å². The zero-order valence-corrected chi connectivity index (χ0v) is 7.99. The monoisotopic (exact) mass is 190 g/mol. The molecular formula is C11H14N2O. The fourth-order valence-electron chi connectivity index (χ4n) is 1.96. The molecule has 0 saturated carbocycles. The van der Waals surface area contributed by atoms with E-state index in [2.05, 4.69) is 11.4 Å². The first-order valence-corrected chi connectivity index (χ1v) is 4.90. The van der Waals surface area contributed by atoms with E-state index < -0.39 is 0 Å². The van der Waals surface area contributed by atoms with Crippen LogP contribution in [0.25, 0.3) is 0 Å². The Hall–Kier alpha value is -1.35. The second kappa shape index (κ2) is 3.80. The van der Waals surface area contributed by atoms with Crippen LogP contribution in [0.2, 0.25) is 0 Å². The number of nitrogens with two attached hydrogens (primary N) is 1. The fourth-order valence-corrected chi connectivity index (χ4v) is 1.96. The van der Waals surface area contributed by atoms with Gasteiger partial charge >= 0.3 is 0 Å². The highest BCUT2D eigenvalue weighted by Crippen LogP contribution is 2.33. The van der Waals surface area contributed by atoms with Gasteiger partial charge in [0.1, 0.15) is 0 Å². The second-order valence-corrected chi connectivity index (χ2v) is 3.61. The molecular weight excluding hydrogens is 176 g/mol. The van der Waals surface area contributed by atoms with E-state index in [1.54, 1.807) is 0 Å². The molecule has 0 radical (unpaired) electrons. The first kappa shape index (κ1) is 9.21. The summed E-state index contributed by atoms with van der Waals surface area (Å²) < 4.78 is 0. The molecule has 3 nitrogen and oxygen atoms in total. The van der Waals surface area contributed by atoms with E-state index in [4.69, 9.17) is 5.73 Å². The molecule has 14 heavy (non-hydrogen) atoms. The summed E-state index contributed by atoms with van der Waals surface area (Å²) in [4.78, 5) is 11.4. The number of nitrogens with one attached hydrogen (secondary N) is 1. The summed E-state index contributed by atoms with van der Waals surface area (Å²) in [5, 5.41) is 2.87. The van der Waals surface area contributed by atoms with Crippen LogP contribution in [0.5, 0.6) is 0 Å². The molecule has 1 aliphatic heterocycles. The SMILES string of the molecule is NCCC1CC(=O)Nc2ccccc21. The fraction of sp³-hybridized carbons (Fsp3) is 0.364. The van der Waals surface area contributed by atoms with Crippen LogP contribution < -0.4 is 11.1 Å². The average Bonchev–Trinajstić information content (AvgIpc) is 2.18. The molecule has 1 unspecified atom stereocenters. The van der Waals surface area contributed by atoms with E-state index in [0.29, 0.717) is 18.9 Å². The van der Waals surface area contributed by atoms with Gasteiger partial charge < -0.3 is 11.1 Å². The number of para-hydroxylation sites is 1. The van der Waals surface area contributed by atoms with Crippen molar-refractivity contribution in [3.05, 3.63) is 29.8 Å². The Morgan fingerprint density at radius 2 is 2.21 bits per heavy atom. The van der Waals surface area contributed by atoms with Gasteiger partial charge in [-0.25, -0.2) is 0 Å². The smallest absolute Gasteiger partial charge is 0.224 e. The lowest BCUT2D eigenvalue weighted by molar-refractivity contribution is -0.116. The van der Waals surface area contributed by atoms with Gasteiger partial charge in [0.2, 0.25) is 5.91 Å². The van der Waals surface area contributed by atoms with Crippen LogP contribution in [0.4, 0.5) is 5.69 Å². The first-order chi connectivity index (χ1) is 6.81. The molecule has 3 N–H and O–H groups in total. The highest BCUT2D eigenvalue weighted by atomic mass is 16.1. The van der Waals surface area contributed by atoms with Crippen molar-refractivity contribution in [2.45, 2.75) is 18.8 Å². The van der Waals surface area contributed by atoms with Gasteiger partial charge in [-0.2, -0.15) is 0 Å².